The molecule has 7 heteroatoms. The van der Waals surface area contributed by atoms with E-state index in [4.69, 9.17) is 4.42 Å². The fraction of sp³-hybridized carbons (Fsp3) is 0.588. The van der Waals surface area contributed by atoms with Crippen molar-refractivity contribution < 1.29 is 23.9 Å². The van der Waals surface area contributed by atoms with Gasteiger partial charge in [-0.05, 0) is 25.0 Å². The topological polar surface area (TPSA) is 99.8 Å². The molecule has 1 aromatic heterocycles. The minimum absolute atomic E-state index is 0.112. The van der Waals surface area contributed by atoms with Crippen LogP contribution >= 0.6 is 0 Å². The SMILES string of the molecule is O=C(NC1(C(=O)O)CCCCC1)C1CC(=O)N(Cc2ccco2)C1. The number of nitrogens with one attached hydrogen (secondary N) is 1. The fourth-order valence-electron chi connectivity index (χ4n) is 3.58. The molecule has 0 spiro atoms. The normalized spacial score (nSPS) is 23.2. The average molecular weight is 334 g/mol. The van der Waals surface area contributed by atoms with E-state index in [1.807, 2.05) is 0 Å². The van der Waals surface area contributed by atoms with Gasteiger partial charge in [-0.1, -0.05) is 19.3 Å². The van der Waals surface area contributed by atoms with Crippen molar-refractivity contribution in [2.45, 2.75) is 50.6 Å². The van der Waals surface area contributed by atoms with Crippen LogP contribution in [0, 0.1) is 5.92 Å². The van der Waals surface area contributed by atoms with E-state index in [9.17, 15) is 19.5 Å². The van der Waals surface area contributed by atoms with Crippen molar-refractivity contribution in [2.75, 3.05) is 6.54 Å². The lowest BCUT2D eigenvalue weighted by Crippen LogP contribution is -2.57. The van der Waals surface area contributed by atoms with Gasteiger partial charge in [-0.25, -0.2) is 4.79 Å². The molecule has 7 nitrogen and oxygen atoms in total. The van der Waals surface area contributed by atoms with Gasteiger partial charge in [0.2, 0.25) is 11.8 Å². The highest BCUT2D eigenvalue weighted by molar-refractivity contribution is 5.92. The van der Waals surface area contributed by atoms with Gasteiger partial charge < -0.3 is 19.7 Å². The number of rotatable bonds is 5. The molecule has 130 valence electrons. The van der Waals surface area contributed by atoms with Gasteiger partial charge >= 0.3 is 5.97 Å². The van der Waals surface area contributed by atoms with Gasteiger partial charge in [0.15, 0.2) is 0 Å². The second kappa shape index (κ2) is 6.67. The summed E-state index contributed by atoms with van der Waals surface area (Å²) in [6.45, 7) is 0.626. The zero-order valence-corrected chi connectivity index (χ0v) is 13.5. The van der Waals surface area contributed by atoms with Crippen LogP contribution in [-0.4, -0.2) is 39.9 Å². The second-order valence-electron chi connectivity index (χ2n) is 6.69. The third kappa shape index (κ3) is 3.29. The molecule has 1 aromatic rings. The van der Waals surface area contributed by atoms with E-state index >= 15 is 0 Å². The molecule has 0 radical (unpaired) electrons. The Morgan fingerprint density at radius 2 is 2.08 bits per heavy atom. The standard InChI is InChI=1S/C17H22N2O5/c20-14-9-12(10-19(14)11-13-5-4-8-24-13)15(21)18-17(16(22)23)6-2-1-3-7-17/h4-5,8,12H,1-3,6-7,9-11H2,(H,18,21)(H,22,23). The van der Waals surface area contributed by atoms with Crippen molar-refractivity contribution in [1.82, 2.24) is 10.2 Å². The summed E-state index contributed by atoms with van der Waals surface area (Å²) >= 11 is 0. The maximum Gasteiger partial charge on any atom is 0.329 e. The molecule has 2 amide bonds. The molecular formula is C17H22N2O5. The molecule has 1 atom stereocenters. The number of nitrogens with zero attached hydrogens (tertiary/aromatic N) is 1. The predicted molar refractivity (Wildman–Crippen MR) is 83.8 cm³/mol. The lowest BCUT2D eigenvalue weighted by molar-refractivity contribution is -0.150. The summed E-state index contributed by atoms with van der Waals surface area (Å²) in [5.41, 5.74) is -1.17. The maximum atomic E-state index is 12.5. The minimum atomic E-state index is -1.17. The van der Waals surface area contributed by atoms with Crippen LogP contribution in [0.25, 0.3) is 0 Å². The highest BCUT2D eigenvalue weighted by Gasteiger charge is 2.44. The predicted octanol–water partition coefficient (Wildman–Crippen LogP) is 1.53. The lowest BCUT2D eigenvalue weighted by atomic mass is 9.81. The first-order chi connectivity index (χ1) is 11.5. The smallest absolute Gasteiger partial charge is 0.329 e. The summed E-state index contributed by atoms with van der Waals surface area (Å²) in [7, 11) is 0. The minimum Gasteiger partial charge on any atom is -0.480 e. The van der Waals surface area contributed by atoms with Crippen LogP contribution in [0.2, 0.25) is 0 Å². The number of hydrogen-bond donors (Lipinski definition) is 2. The van der Waals surface area contributed by atoms with Gasteiger partial charge in [0.1, 0.15) is 11.3 Å². The number of likely N-dealkylation sites (tertiary alicyclic amines) is 1. The Morgan fingerprint density at radius 3 is 2.71 bits per heavy atom. The van der Waals surface area contributed by atoms with Crippen molar-refractivity contribution in [3.05, 3.63) is 24.2 Å². The fourth-order valence-corrected chi connectivity index (χ4v) is 3.58. The van der Waals surface area contributed by atoms with E-state index in [0.29, 0.717) is 31.7 Å². The van der Waals surface area contributed by atoms with Crippen molar-refractivity contribution in [3.8, 4) is 0 Å². The van der Waals surface area contributed by atoms with E-state index in [0.717, 1.165) is 19.3 Å². The van der Waals surface area contributed by atoms with E-state index in [-0.39, 0.29) is 18.2 Å². The highest BCUT2D eigenvalue weighted by Crippen LogP contribution is 2.30. The van der Waals surface area contributed by atoms with Crippen LogP contribution in [0.4, 0.5) is 0 Å². The monoisotopic (exact) mass is 334 g/mol. The van der Waals surface area contributed by atoms with Crippen LogP contribution in [0.1, 0.15) is 44.3 Å². The molecule has 2 heterocycles. The molecule has 0 bridgehead atoms. The number of carbonyl (C=O) groups is 3. The lowest BCUT2D eigenvalue weighted by Gasteiger charge is -2.34. The summed E-state index contributed by atoms with van der Waals surface area (Å²) in [5, 5.41) is 12.3. The highest BCUT2D eigenvalue weighted by atomic mass is 16.4. The zero-order valence-electron chi connectivity index (χ0n) is 13.5. The quantitative estimate of drug-likeness (QED) is 0.850. The van der Waals surface area contributed by atoms with Crippen LogP contribution in [0.15, 0.2) is 22.8 Å². The van der Waals surface area contributed by atoms with E-state index in [1.165, 1.54) is 0 Å². The third-order valence-electron chi connectivity index (χ3n) is 4.99. The van der Waals surface area contributed by atoms with Crippen molar-refractivity contribution in [3.63, 3.8) is 0 Å². The molecule has 1 aliphatic heterocycles. The first-order valence-corrected chi connectivity index (χ1v) is 8.36. The van der Waals surface area contributed by atoms with Gasteiger partial charge in [0.25, 0.3) is 0 Å². The van der Waals surface area contributed by atoms with Gasteiger partial charge in [-0.15, -0.1) is 0 Å². The van der Waals surface area contributed by atoms with Crippen LogP contribution in [0.3, 0.4) is 0 Å². The molecule has 2 aliphatic rings. The van der Waals surface area contributed by atoms with Crippen LogP contribution in [0.5, 0.6) is 0 Å². The number of carbonyl (C=O) groups excluding carboxylic acids is 2. The number of hydrogen-bond acceptors (Lipinski definition) is 4. The summed E-state index contributed by atoms with van der Waals surface area (Å²) in [6, 6.07) is 3.53. The van der Waals surface area contributed by atoms with Crippen LogP contribution < -0.4 is 5.32 Å². The van der Waals surface area contributed by atoms with Gasteiger partial charge in [0.05, 0.1) is 18.7 Å². The molecule has 1 aliphatic carbocycles. The average Bonchev–Trinajstić information content (AvgIpc) is 3.19. The molecule has 0 aromatic carbocycles. The summed E-state index contributed by atoms with van der Waals surface area (Å²) in [5.74, 6) is -1.27. The molecule has 1 unspecified atom stereocenters. The third-order valence-corrected chi connectivity index (χ3v) is 4.99. The van der Waals surface area contributed by atoms with Gasteiger partial charge in [-0.2, -0.15) is 0 Å². The molecule has 1 saturated heterocycles. The summed E-state index contributed by atoms with van der Waals surface area (Å²) in [6.07, 6.45) is 5.13. The zero-order chi connectivity index (χ0) is 17.2. The van der Waals surface area contributed by atoms with Gasteiger partial charge in [0, 0.05) is 13.0 Å². The molecule has 3 rings (SSSR count). The van der Waals surface area contributed by atoms with Crippen molar-refractivity contribution in [2.24, 2.45) is 5.92 Å². The van der Waals surface area contributed by atoms with E-state index < -0.39 is 17.4 Å². The largest absolute Gasteiger partial charge is 0.480 e. The summed E-state index contributed by atoms with van der Waals surface area (Å²) in [4.78, 5) is 37.9. The number of furan rings is 1. The van der Waals surface area contributed by atoms with Crippen molar-refractivity contribution >= 4 is 17.8 Å². The molecule has 2 N–H and O–H groups in total. The number of carboxylic acid groups (broad SMARTS) is 1. The Balaban J connectivity index is 1.63. The van der Waals surface area contributed by atoms with Crippen molar-refractivity contribution in [1.29, 1.82) is 0 Å². The van der Waals surface area contributed by atoms with E-state index in [1.54, 1.807) is 23.3 Å². The maximum absolute atomic E-state index is 12.5. The Labute approximate surface area is 140 Å². The Hall–Kier alpha value is -2.31. The first kappa shape index (κ1) is 16.5. The Morgan fingerprint density at radius 1 is 1.33 bits per heavy atom. The molecule has 1 saturated carbocycles. The van der Waals surface area contributed by atoms with E-state index in [2.05, 4.69) is 5.32 Å². The Bertz CT molecular complexity index is 619. The number of carboxylic acids is 1. The van der Waals surface area contributed by atoms with Gasteiger partial charge in [-0.3, -0.25) is 9.59 Å². The second-order valence-corrected chi connectivity index (χ2v) is 6.69. The van der Waals surface area contributed by atoms with Crippen LogP contribution in [-0.2, 0) is 20.9 Å². The first-order valence-electron chi connectivity index (χ1n) is 8.36. The Kier molecular flexibility index (Phi) is 4.59. The number of aliphatic carboxylic acids is 1. The molecule has 24 heavy (non-hydrogen) atoms. The molecule has 2 fully saturated rings. The summed E-state index contributed by atoms with van der Waals surface area (Å²) < 4.78 is 5.24. The molecular weight excluding hydrogens is 312 g/mol. The number of amides is 2.